The quantitative estimate of drug-likeness (QED) is 0.366. The van der Waals surface area contributed by atoms with E-state index in [2.05, 4.69) is 19.9 Å². The van der Waals surface area contributed by atoms with Crippen LogP contribution in [-0.2, 0) is 0 Å². The Morgan fingerprint density at radius 3 is 2.25 bits per heavy atom. The molecule has 20 heavy (non-hydrogen) atoms. The molecular formula is C19H29O. The van der Waals surface area contributed by atoms with Crippen LogP contribution in [0.15, 0.2) is 24.3 Å². The van der Waals surface area contributed by atoms with E-state index in [-0.39, 0.29) is 5.92 Å². The minimum Gasteiger partial charge on any atom is -0.294 e. The standard InChI is InChI=1S/C19H29O/c1-3-5-6-7-8-10-14-17(13-4-2)19(20)18-15-11-9-12-16-18/h11-12,15-17H,3-8,10,13-14H2,1-2H3. The molecule has 0 bridgehead atoms. The van der Waals surface area contributed by atoms with Gasteiger partial charge in [-0.15, -0.1) is 0 Å². The van der Waals surface area contributed by atoms with Crippen molar-refractivity contribution in [1.29, 1.82) is 0 Å². The van der Waals surface area contributed by atoms with Crippen LogP contribution in [0.25, 0.3) is 0 Å². The molecule has 0 aromatic heterocycles. The Morgan fingerprint density at radius 2 is 1.60 bits per heavy atom. The molecule has 1 radical (unpaired) electrons. The molecule has 1 atom stereocenters. The minimum atomic E-state index is 0.216. The van der Waals surface area contributed by atoms with Gasteiger partial charge >= 0.3 is 0 Å². The maximum atomic E-state index is 12.5. The SMILES string of the molecule is CCCCCCCCC(CCC)C(=O)c1cc[c]cc1. The lowest BCUT2D eigenvalue weighted by molar-refractivity contribution is 0.0903. The third-order valence-electron chi connectivity index (χ3n) is 3.92. The zero-order valence-corrected chi connectivity index (χ0v) is 13.2. The maximum absolute atomic E-state index is 12.5. The predicted molar refractivity (Wildman–Crippen MR) is 86.0 cm³/mol. The fraction of sp³-hybridized carbons (Fsp3) is 0.632. The first-order valence-electron chi connectivity index (χ1n) is 8.29. The van der Waals surface area contributed by atoms with Gasteiger partial charge in [-0.1, -0.05) is 83.1 Å². The number of ketones is 1. The summed E-state index contributed by atoms with van der Waals surface area (Å²) >= 11 is 0. The molecule has 0 N–H and O–H groups in total. The van der Waals surface area contributed by atoms with E-state index >= 15 is 0 Å². The summed E-state index contributed by atoms with van der Waals surface area (Å²) in [7, 11) is 0. The van der Waals surface area contributed by atoms with E-state index in [1.54, 1.807) is 0 Å². The molecule has 0 fully saturated rings. The average Bonchev–Trinajstić information content (AvgIpc) is 2.50. The van der Waals surface area contributed by atoms with Gasteiger partial charge in [0.1, 0.15) is 0 Å². The summed E-state index contributed by atoms with van der Waals surface area (Å²) in [6, 6.07) is 10.4. The van der Waals surface area contributed by atoms with Crippen molar-refractivity contribution in [1.82, 2.24) is 0 Å². The first-order chi connectivity index (χ1) is 9.79. The molecule has 0 heterocycles. The molecule has 0 aliphatic carbocycles. The fourth-order valence-electron chi connectivity index (χ4n) is 2.71. The lowest BCUT2D eigenvalue weighted by Gasteiger charge is -2.15. The molecular weight excluding hydrogens is 244 g/mol. The molecule has 1 heteroatoms. The van der Waals surface area contributed by atoms with Crippen molar-refractivity contribution in [2.75, 3.05) is 0 Å². The largest absolute Gasteiger partial charge is 0.294 e. The smallest absolute Gasteiger partial charge is 0.165 e. The van der Waals surface area contributed by atoms with Crippen molar-refractivity contribution in [3.8, 4) is 0 Å². The lowest BCUT2D eigenvalue weighted by Crippen LogP contribution is -2.14. The molecule has 1 unspecified atom stereocenters. The second-order valence-electron chi connectivity index (χ2n) is 5.69. The second-order valence-corrected chi connectivity index (χ2v) is 5.69. The Labute approximate surface area is 124 Å². The zero-order valence-electron chi connectivity index (χ0n) is 13.2. The van der Waals surface area contributed by atoms with E-state index in [0.29, 0.717) is 5.78 Å². The van der Waals surface area contributed by atoms with Gasteiger partial charge < -0.3 is 0 Å². The first-order valence-corrected chi connectivity index (χ1v) is 8.29. The normalized spacial score (nSPS) is 12.3. The molecule has 0 saturated carbocycles. The van der Waals surface area contributed by atoms with Crippen LogP contribution in [0.3, 0.4) is 0 Å². The van der Waals surface area contributed by atoms with Gasteiger partial charge in [-0.25, -0.2) is 0 Å². The Bertz CT molecular complexity index is 355. The molecule has 1 aromatic rings. The summed E-state index contributed by atoms with van der Waals surface area (Å²) in [6.07, 6.45) is 10.9. The number of hydrogen-bond donors (Lipinski definition) is 0. The van der Waals surface area contributed by atoms with E-state index in [9.17, 15) is 4.79 Å². The number of hydrogen-bond acceptors (Lipinski definition) is 1. The van der Waals surface area contributed by atoms with Crippen molar-refractivity contribution >= 4 is 5.78 Å². The van der Waals surface area contributed by atoms with Crippen molar-refractivity contribution < 1.29 is 4.79 Å². The number of carbonyl (C=O) groups excluding carboxylic acids is 1. The van der Waals surface area contributed by atoms with Gasteiger partial charge in [-0.2, -0.15) is 0 Å². The van der Waals surface area contributed by atoms with Gasteiger partial charge in [0.15, 0.2) is 5.78 Å². The van der Waals surface area contributed by atoms with Gasteiger partial charge in [0, 0.05) is 11.5 Å². The molecule has 111 valence electrons. The number of Topliss-reactive ketones (excluding diaryl/α,β-unsaturated/α-hetero) is 1. The van der Waals surface area contributed by atoms with Crippen LogP contribution < -0.4 is 0 Å². The molecule has 0 saturated heterocycles. The molecule has 1 rings (SSSR count). The van der Waals surface area contributed by atoms with Crippen LogP contribution in [0.2, 0.25) is 0 Å². The third-order valence-corrected chi connectivity index (χ3v) is 3.92. The monoisotopic (exact) mass is 273 g/mol. The van der Waals surface area contributed by atoms with E-state index in [4.69, 9.17) is 0 Å². The third kappa shape index (κ3) is 6.36. The van der Waals surface area contributed by atoms with Crippen LogP contribution in [0.4, 0.5) is 0 Å². The van der Waals surface area contributed by atoms with E-state index < -0.39 is 0 Å². The minimum absolute atomic E-state index is 0.216. The topological polar surface area (TPSA) is 17.1 Å². The Morgan fingerprint density at radius 1 is 0.950 bits per heavy atom. The highest BCUT2D eigenvalue weighted by molar-refractivity contribution is 5.97. The molecule has 1 aromatic carbocycles. The number of benzene rings is 1. The van der Waals surface area contributed by atoms with E-state index in [1.165, 1.54) is 38.5 Å². The molecule has 0 spiro atoms. The van der Waals surface area contributed by atoms with Crippen molar-refractivity contribution in [3.63, 3.8) is 0 Å². The number of unbranched alkanes of at least 4 members (excludes halogenated alkanes) is 5. The van der Waals surface area contributed by atoms with E-state index in [0.717, 1.165) is 24.8 Å². The van der Waals surface area contributed by atoms with Crippen molar-refractivity contribution in [2.24, 2.45) is 5.92 Å². The summed E-state index contributed by atoms with van der Waals surface area (Å²) in [5.41, 5.74) is 0.855. The Balaban J connectivity index is 2.38. The Kier molecular flexibility index (Phi) is 9.02. The summed E-state index contributed by atoms with van der Waals surface area (Å²) < 4.78 is 0. The average molecular weight is 273 g/mol. The van der Waals surface area contributed by atoms with Crippen LogP contribution in [0.5, 0.6) is 0 Å². The van der Waals surface area contributed by atoms with Crippen LogP contribution in [-0.4, -0.2) is 5.78 Å². The number of rotatable bonds is 11. The highest BCUT2D eigenvalue weighted by Gasteiger charge is 2.18. The van der Waals surface area contributed by atoms with Crippen LogP contribution in [0, 0.1) is 12.0 Å². The van der Waals surface area contributed by atoms with Gasteiger partial charge in [0.25, 0.3) is 0 Å². The van der Waals surface area contributed by atoms with Crippen molar-refractivity contribution in [3.05, 3.63) is 35.9 Å². The first kappa shape index (κ1) is 16.9. The summed E-state index contributed by atoms with van der Waals surface area (Å²) in [5.74, 6) is 0.544. The van der Waals surface area contributed by atoms with Gasteiger partial charge in [-0.05, 0) is 18.9 Å². The fourth-order valence-corrected chi connectivity index (χ4v) is 2.71. The van der Waals surface area contributed by atoms with Gasteiger partial charge in [0.05, 0.1) is 0 Å². The van der Waals surface area contributed by atoms with Crippen molar-refractivity contribution in [2.45, 2.75) is 71.6 Å². The molecule has 0 aliphatic heterocycles. The van der Waals surface area contributed by atoms with Crippen LogP contribution in [0.1, 0.15) is 82.0 Å². The van der Waals surface area contributed by atoms with Gasteiger partial charge in [-0.3, -0.25) is 4.79 Å². The van der Waals surface area contributed by atoms with Gasteiger partial charge in [0.2, 0.25) is 0 Å². The highest BCUT2D eigenvalue weighted by atomic mass is 16.1. The second kappa shape index (κ2) is 10.7. The predicted octanol–water partition coefficient (Wildman–Crippen LogP) is 5.84. The Hall–Kier alpha value is -1.11. The zero-order chi connectivity index (χ0) is 14.6. The summed E-state index contributed by atoms with van der Waals surface area (Å²) in [4.78, 5) is 12.5. The molecule has 0 aliphatic rings. The highest BCUT2D eigenvalue weighted by Crippen LogP contribution is 2.21. The molecule has 0 amide bonds. The molecule has 1 nitrogen and oxygen atoms in total. The summed E-state index contributed by atoms with van der Waals surface area (Å²) in [6.45, 7) is 4.41. The maximum Gasteiger partial charge on any atom is 0.165 e. The lowest BCUT2D eigenvalue weighted by atomic mass is 9.88. The number of carbonyl (C=O) groups is 1. The van der Waals surface area contributed by atoms with Crippen LogP contribution >= 0.6 is 0 Å². The van der Waals surface area contributed by atoms with E-state index in [1.807, 2.05) is 24.3 Å². The summed E-state index contributed by atoms with van der Waals surface area (Å²) in [5, 5.41) is 0.